The van der Waals surface area contributed by atoms with Crippen molar-refractivity contribution in [3.05, 3.63) is 99.5 Å². The van der Waals surface area contributed by atoms with Crippen LogP contribution in [0.25, 0.3) is 0 Å². The topological polar surface area (TPSA) is 86.8 Å². The van der Waals surface area contributed by atoms with E-state index in [4.69, 9.17) is 23.2 Å². The zero-order chi connectivity index (χ0) is 30.3. The van der Waals surface area contributed by atoms with Crippen LogP contribution in [0.5, 0.6) is 0 Å². The van der Waals surface area contributed by atoms with Crippen molar-refractivity contribution < 1.29 is 18.0 Å². The monoisotopic (exact) mass is 629 g/mol. The molecule has 1 saturated carbocycles. The summed E-state index contributed by atoms with van der Waals surface area (Å²) in [5.41, 5.74) is 2.57. The van der Waals surface area contributed by atoms with Crippen LogP contribution in [0.4, 0.5) is 5.69 Å². The summed E-state index contributed by atoms with van der Waals surface area (Å²) in [6, 6.07) is 20.7. The molecule has 0 radical (unpaired) electrons. The smallest absolute Gasteiger partial charge is 0.244 e. The molecular weight excluding hydrogens is 593 g/mol. The quantitative estimate of drug-likeness (QED) is 0.275. The molecule has 42 heavy (non-hydrogen) atoms. The standard InChI is InChI=1S/C32H37Cl2N3O4S/c1-23-16-17-27(34)20-29(23)37(42(2,40)41)22-31(38)36(21-25-12-9-13-26(33)18-25)30(19-24-10-5-3-6-11-24)32(39)35-28-14-7-4-8-15-28/h3,5-6,9-13,16-18,20,28,30H,4,7-8,14-15,19,21-22H2,1-2H3,(H,35,39)/t30-/m1/s1. The number of hydrogen-bond donors (Lipinski definition) is 1. The molecular formula is C32H37Cl2N3O4S. The number of halogens is 2. The van der Waals surface area contributed by atoms with Gasteiger partial charge in [-0.25, -0.2) is 8.42 Å². The van der Waals surface area contributed by atoms with Crippen LogP contribution in [0.2, 0.25) is 10.0 Å². The van der Waals surface area contributed by atoms with E-state index >= 15 is 0 Å². The third-order valence-corrected chi connectivity index (χ3v) is 9.18. The first-order valence-corrected chi connectivity index (χ1v) is 16.7. The van der Waals surface area contributed by atoms with Crippen LogP contribution in [0, 0.1) is 6.92 Å². The van der Waals surface area contributed by atoms with E-state index in [-0.39, 0.29) is 24.9 Å². The molecule has 0 bridgehead atoms. The van der Waals surface area contributed by atoms with Crippen molar-refractivity contribution in [3.8, 4) is 0 Å². The van der Waals surface area contributed by atoms with Gasteiger partial charge in [0, 0.05) is 29.1 Å². The Morgan fingerprint density at radius 1 is 0.905 bits per heavy atom. The Morgan fingerprint density at radius 2 is 1.57 bits per heavy atom. The van der Waals surface area contributed by atoms with Gasteiger partial charge in [-0.1, -0.05) is 91.0 Å². The van der Waals surface area contributed by atoms with E-state index in [9.17, 15) is 18.0 Å². The summed E-state index contributed by atoms with van der Waals surface area (Å²) >= 11 is 12.5. The van der Waals surface area contributed by atoms with Crippen LogP contribution < -0.4 is 9.62 Å². The number of hydrogen-bond acceptors (Lipinski definition) is 4. The summed E-state index contributed by atoms with van der Waals surface area (Å²) in [7, 11) is -3.89. The lowest BCUT2D eigenvalue weighted by Gasteiger charge is -2.35. The van der Waals surface area contributed by atoms with E-state index in [2.05, 4.69) is 5.32 Å². The molecule has 7 nitrogen and oxygen atoms in total. The van der Waals surface area contributed by atoms with Gasteiger partial charge in [0.1, 0.15) is 12.6 Å². The third kappa shape index (κ3) is 8.72. The van der Waals surface area contributed by atoms with E-state index in [1.165, 1.54) is 11.0 Å². The number of sulfonamides is 1. The largest absolute Gasteiger partial charge is 0.352 e. The van der Waals surface area contributed by atoms with Crippen LogP contribution in [-0.2, 0) is 32.6 Å². The van der Waals surface area contributed by atoms with Crippen molar-refractivity contribution in [2.45, 2.75) is 64.1 Å². The lowest BCUT2D eigenvalue weighted by atomic mass is 9.94. The SMILES string of the molecule is Cc1ccc(Cl)cc1N(CC(=O)N(Cc1cccc(Cl)c1)[C@H](Cc1ccccc1)C(=O)NC1CCCCC1)S(C)(=O)=O. The molecule has 3 aromatic carbocycles. The first kappa shape index (κ1) is 31.9. The highest BCUT2D eigenvalue weighted by atomic mass is 35.5. The normalized spacial score (nSPS) is 14.7. The summed E-state index contributed by atoms with van der Waals surface area (Å²) in [6.07, 6.45) is 6.33. The minimum Gasteiger partial charge on any atom is -0.352 e. The fourth-order valence-corrected chi connectivity index (χ4v) is 6.65. The maximum absolute atomic E-state index is 14.3. The van der Waals surface area contributed by atoms with Crippen molar-refractivity contribution in [2.24, 2.45) is 0 Å². The van der Waals surface area contributed by atoms with E-state index < -0.39 is 28.5 Å². The molecule has 2 amide bonds. The number of carbonyl (C=O) groups is 2. The van der Waals surface area contributed by atoms with Crippen LogP contribution in [0.15, 0.2) is 72.8 Å². The zero-order valence-corrected chi connectivity index (χ0v) is 26.3. The zero-order valence-electron chi connectivity index (χ0n) is 23.9. The van der Waals surface area contributed by atoms with Crippen molar-refractivity contribution >= 4 is 50.7 Å². The number of nitrogens with zero attached hydrogens (tertiary/aromatic N) is 2. The number of aryl methyl sites for hydroxylation is 1. The average Bonchev–Trinajstić information content (AvgIpc) is 2.95. The minimum atomic E-state index is -3.89. The Labute approximate surface area is 258 Å². The highest BCUT2D eigenvalue weighted by molar-refractivity contribution is 7.92. The molecule has 0 spiro atoms. The van der Waals surface area contributed by atoms with Gasteiger partial charge in [-0.15, -0.1) is 0 Å². The lowest BCUT2D eigenvalue weighted by Crippen LogP contribution is -2.55. The van der Waals surface area contributed by atoms with Gasteiger partial charge >= 0.3 is 0 Å². The second-order valence-electron chi connectivity index (χ2n) is 10.9. The molecule has 0 unspecified atom stereocenters. The Hall–Kier alpha value is -3.07. The van der Waals surface area contributed by atoms with Gasteiger partial charge in [0.15, 0.2) is 0 Å². The van der Waals surface area contributed by atoms with E-state index in [0.717, 1.165) is 53.8 Å². The molecule has 4 rings (SSSR count). The molecule has 0 aliphatic heterocycles. The highest BCUT2D eigenvalue weighted by Crippen LogP contribution is 2.27. The van der Waals surface area contributed by atoms with Crippen molar-refractivity contribution in [1.82, 2.24) is 10.2 Å². The fourth-order valence-electron chi connectivity index (χ4n) is 5.38. The summed E-state index contributed by atoms with van der Waals surface area (Å²) in [6.45, 7) is 1.33. The van der Waals surface area contributed by atoms with Crippen molar-refractivity contribution in [3.63, 3.8) is 0 Å². The van der Waals surface area contributed by atoms with Gasteiger partial charge < -0.3 is 10.2 Å². The second kappa shape index (κ2) is 14.4. The third-order valence-electron chi connectivity index (χ3n) is 7.58. The summed E-state index contributed by atoms with van der Waals surface area (Å²) < 4.78 is 27.1. The molecule has 0 heterocycles. The molecule has 1 aliphatic rings. The Kier molecular flexibility index (Phi) is 10.9. The highest BCUT2D eigenvalue weighted by Gasteiger charge is 2.34. The van der Waals surface area contributed by atoms with Crippen LogP contribution in [0.1, 0.15) is 48.8 Å². The lowest BCUT2D eigenvalue weighted by molar-refractivity contribution is -0.140. The minimum absolute atomic E-state index is 0.0364. The van der Waals surface area contributed by atoms with Gasteiger partial charge in [0.2, 0.25) is 21.8 Å². The number of rotatable bonds is 11. The first-order chi connectivity index (χ1) is 20.0. The van der Waals surface area contributed by atoms with Crippen molar-refractivity contribution in [2.75, 3.05) is 17.1 Å². The number of carbonyl (C=O) groups excluding carboxylic acids is 2. The second-order valence-corrected chi connectivity index (χ2v) is 13.7. The van der Waals surface area contributed by atoms with Gasteiger partial charge in [0.05, 0.1) is 11.9 Å². The Morgan fingerprint density at radius 3 is 2.24 bits per heavy atom. The van der Waals surface area contributed by atoms with Crippen LogP contribution in [-0.4, -0.2) is 50.0 Å². The van der Waals surface area contributed by atoms with E-state index in [1.54, 1.807) is 37.3 Å². The molecule has 3 aromatic rings. The molecule has 10 heteroatoms. The Bertz CT molecular complexity index is 1490. The van der Waals surface area contributed by atoms with Crippen LogP contribution >= 0.6 is 23.2 Å². The summed E-state index contributed by atoms with van der Waals surface area (Å²) in [5, 5.41) is 4.04. The van der Waals surface area contributed by atoms with Gasteiger partial charge in [-0.2, -0.15) is 0 Å². The molecule has 1 fully saturated rings. The molecule has 0 aromatic heterocycles. The number of benzene rings is 3. The maximum Gasteiger partial charge on any atom is 0.244 e. The molecule has 0 saturated heterocycles. The molecule has 1 N–H and O–H groups in total. The molecule has 224 valence electrons. The number of anilines is 1. The maximum atomic E-state index is 14.3. The average molecular weight is 631 g/mol. The predicted octanol–water partition coefficient (Wildman–Crippen LogP) is 6.16. The van der Waals surface area contributed by atoms with Gasteiger partial charge in [-0.05, 0) is 60.7 Å². The molecule has 1 aliphatic carbocycles. The summed E-state index contributed by atoms with van der Waals surface area (Å²) in [5.74, 6) is -0.773. The van der Waals surface area contributed by atoms with Gasteiger partial charge in [0.25, 0.3) is 0 Å². The predicted molar refractivity (Wildman–Crippen MR) is 169 cm³/mol. The Balaban J connectivity index is 1.74. The number of amides is 2. The number of nitrogens with one attached hydrogen (secondary N) is 1. The van der Waals surface area contributed by atoms with Crippen molar-refractivity contribution in [1.29, 1.82) is 0 Å². The fraction of sp³-hybridized carbons (Fsp3) is 0.375. The van der Waals surface area contributed by atoms with Gasteiger partial charge in [-0.3, -0.25) is 13.9 Å². The first-order valence-electron chi connectivity index (χ1n) is 14.1. The van der Waals surface area contributed by atoms with Crippen LogP contribution in [0.3, 0.4) is 0 Å². The van der Waals surface area contributed by atoms with E-state index in [1.807, 2.05) is 36.4 Å². The molecule has 1 atom stereocenters. The summed E-state index contributed by atoms with van der Waals surface area (Å²) in [4.78, 5) is 29.7. The van der Waals surface area contributed by atoms with E-state index in [0.29, 0.717) is 21.3 Å².